The van der Waals surface area contributed by atoms with Gasteiger partial charge in [-0.05, 0) is 43.9 Å². The van der Waals surface area contributed by atoms with E-state index in [1.54, 1.807) is 0 Å². The Kier molecular flexibility index (Phi) is 7.30. The molecule has 2 heterocycles. The van der Waals surface area contributed by atoms with Crippen LogP contribution in [0.4, 0.5) is 21.8 Å². The smallest absolute Gasteiger partial charge is 0.320 e. The average Bonchev–Trinajstić information content (AvgIpc) is 3.31. The van der Waals surface area contributed by atoms with E-state index < -0.39 is 17.7 Å². The van der Waals surface area contributed by atoms with Crippen LogP contribution < -0.4 is 20.1 Å². The Labute approximate surface area is 203 Å². The van der Waals surface area contributed by atoms with Crippen LogP contribution in [0.2, 0.25) is 5.02 Å². The number of ether oxygens (including phenoxy) is 2. The second-order valence-electron chi connectivity index (χ2n) is 7.78. The van der Waals surface area contributed by atoms with Crippen LogP contribution >= 0.6 is 11.6 Å². The third-order valence-corrected chi connectivity index (χ3v) is 5.68. The van der Waals surface area contributed by atoms with Crippen LogP contribution in [0.1, 0.15) is 36.4 Å². The molecule has 1 aromatic carbocycles. The van der Waals surface area contributed by atoms with Crippen molar-refractivity contribution in [2.45, 2.75) is 31.8 Å². The number of amides is 1. The van der Waals surface area contributed by atoms with Crippen molar-refractivity contribution in [2.24, 2.45) is 5.92 Å². The van der Waals surface area contributed by atoms with E-state index in [9.17, 15) is 14.0 Å². The Bertz CT molecular complexity index is 1230. The molecule has 2 aromatic heterocycles. The lowest BCUT2D eigenvalue weighted by molar-refractivity contribution is -0.143. The highest BCUT2D eigenvalue weighted by atomic mass is 35.5. The first-order chi connectivity index (χ1) is 16.8. The van der Waals surface area contributed by atoms with Gasteiger partial charge in [-0.25, -0.2) is 9.37 Å². The Morgan fingerprint density at radius 1 is 1.17 bits per heavy atom. The van der Waals surface area contributed by atoms with Gasteiger partial charge in [-0.15, -0.1) is 5.10 Å². The fraction of sp³-hybridized carbons (Fsp3) is 0.318. The van der Waals surface area contributed by atoms with Crippen molar-refractivity contribution >= 4 is 40.9 Å². The van der Waals surface area contributed by atoms with E-state index in [4.69, 9.17) is 30.6 Å². The molecule has 3 N–H and O–H groups in total. The summed E-state index contributed by atoms with van der Waals surface area (Å²) in [5.41, 5.74) is 0.694. The maximum atomic E-state index is 13.3. The largest absolute Gasteiger partial charge is 0.491 e. The Morgan fingerprint density at radius 2 is 1.94 bits per heavy atom. The second kappa shape index (κ2) is 10.6. The number of nitrogens with zero attached hydrogens (tertiary/aromatic N) is 3. The minimum Gasteiger partial charge on any atom is -0.491 e. The lowest BCUT2D eigenvalue weighted by atomic mass is 9.87. The zero-order valence-electron chi connectivity index (χ0n) is 18.5. The zero-order valence-corrected chi connectivity index (χ0v) is 19.2. The summed E-state index contributed by atoms with van der Waals surface area (Å²) in [5, 5.41) is 21.8. The molecule has 35 heavy (non-hydrogen) atoms. The number of rotatable bonds is 8. The van der Waals surface area contributed by atoms with Gasteiger partial charge < -0.3 is 29.6 Å². The summed E-state index contributed by atoms with van der Waals surface area (Å²) in [5.74, 6) is -2.19. The minimum absolute atomic E-state index is 0.0881. The maximum absolute atomic E-state index is 13.3. The normalized spacial score (nSPS) is 17.5. The highest BCUT2D eigenvalue weighted by molar-refractivity contribution is 6.31. The first-order valence-electron chi connectivity index (χ1n) is 10.6. The van der Waals surface area contributed by atoms with Crippen LogP contribution in [0.25, 0.3) is 0 Å². The topological polar surface area (TPSA) is 149 Å². The molecule has 0 bridgehead atoms. The Morgan fingerprint density at radius 3 is 2.63 bits per heavy atom. The van der Waals surface area contributed by atoms with Gasteiger partial charge in [0.15, 0.2) is 5.75 Å². The molecule has 0 saturated heterocycles. The van der Waals surface area contributed by atoms with Crippen LogP contribution in [0, 0.1) is 11.7 Å². The van der Waals surface area contributed by atoms with Crippen LogP contribution in [-0.2, 0) is 4.79 Å². The molecule has 1 aliphatic carbocycles. The molecule has 184 valence electrons. The number of benzene rings is 1. The standard InChI is InChI=1S/C22H21ClFN5O6/c1-33-17-9-13(10-25-19(17)34-14-5-2-11(3-6-14)21(31)32)26-18(30)20-28-29-22(35-20)27-12-4-7-16(24)15(23)8-12/h4,7-11,14H,2-3,5-6H2,1H3,(H,26,30)(H,27,29)(H,31,32)/t11-,14-. The van der Waals surface area contributed by atoms with Gasteiger partial charge in [0.25, 0.3) is 5.88 Å². The van der Waals surface area contributed by atoms with Gasteiger partial charge in [0.2, 0.25) is 0 Å². The Hall–Kier alpha value is -3.93. The lowest BCUT2D eigenvalue weighted by Crippen LogP contribution is -2.28. The van der Waals surface area contributed by atoms with Crippen molar-refractivity contribution in [1.82, 2.24) is 15.2 Å². The van der Waals surface area contributed by atoms with Crippen molar-refractivity contribution in [3.8, 4) is 11.6 Å². The fourth-order valence-corrected chi connectivity index (χ4v) is 3.75. The van der Waals surface area contributed by atoms with Gasteiger partial charge >= 0.3 is 23.8 Å². The van der Waals surface area contributed by atoms with E-state index in [1.165, 1.54) is 37.6 Å². The number of carboxylic acid groups (broad SMARTS) is 1. The molecule has 4 rings (SSSR count). The summed E-state index contributed by atoms with van der Waals surface area (Å²) in [7, 11) is 1.44. The van der Waals surface area contributed by atoms with Gasteiger partial charge in [0, 0.05) is 11.8 Å². The van der Waals surface area contributed by atoms with Gasteiger partial charge in [-0.3, -0.25) is 9.59 Å². The molecular weight excluding hydrogens is 485 g/mol. The highest BCUT2D eigenvalue weighted by Gasteiger charge is 2.28. The molecule has 1 saturated carbocycles. The van der Waals surface area contributed by atoms with Gasteiger partial charge in [-0.1, -0.05) is 16.7 Å². The zero-order chi connectivity index (χ0) is 24.9. The maximum Gasteiger partial charge on any atom is 0.320 e. The SMILES string of the molecule is COc1cc(NC(=O)c2nnc(Nc3ccc(F)c(Cl)c3)o2)cnc1O[C@H]1CC[C@H](C(=O)O)CC1. The van der Waals surface area contributed by atoms with Crippen molar-refractivity contribution in [1.29, 1.82) is 0 Å². The predicted molar refractivity (Wildman–Crippen MR) is 122 cm³/mol. The second-order valence-corrected chi connectivity index (χ2v) is 8.19. The van der Waals surface area contributed by atoms with E-state index in [2.05, 4.69) is 25.8 Å². The average molecular weight is 506 g/mol. The summed E-state index contributed by atoms with van der Waals surface area (Å²) >= 11 is 5.74. The van der Waals surface area contributed by atoms with E-state index >= 15 is 0 Å². The van der Waals surface area contributed by atoms with E-state index in [0.29, 0.717) is 42.8 Å². The van der Waals surface area contributed by atoms with Crippen LogP contribution in [0.15, 0.2) is 34.9 Å². The number of hydrogen-bond acceptors (Lipinski definition) is 9. The molecule has 1 fully saturated rings. The number of nitrogens with one attached hydrogen (secondary N) is 2. The Balaban J connectivity index is 1.37. The molecule has 0 aliphatic heterocycles. The number of hydrogen-bond donors (Lipinski definition) is 3. The number of carboxylic acids is 1. The molecule has 0 atom stereocenters. The summed E-state index contributed by atoms with van der Waals surface area (Å²) in [4.78, 5) is 27.8. The van der Waals surface area contributed by atoms with Crippen molar-refractivity contribution in [3.63, 3.8) is 0 Å². The van der Waals surface area contributed by atoms with E-state index in [1.807, 2.05) is 0 Å². The third kappa shape index (κ3) is 5.96. The molecule has 0 radical (unpaired) electrons. The van der Waals surface area contributed by atoms with Crippen LogP contribution in [0.5, 0.6) is 11.6 Å². The van der Waals surface area contributed by atoms with E-state index in [-0.39, 0.29) is 34.8 Å². The van der Waals surface area contributed by atoms with Crippen molar-refractivity contribution in [2.75, 3.05) is 17.7 Å². The third-order valence-electron chi connectivity index (χ3n) is 5.39. The number of carbonyl (C=O) groups excluding carboxylic acids is 1. The molecule has 13 heteroatoms. The molecule has 0 spiro atoms. The number of methoxy groups -OCH3 is 1. The number of anilines is 3. The number of carbonyl (C=O) groups is 2. The molecule has 0 unspecified atom stereocenters. The van der Waals surface area contributed by atoms with Crippen molar-refractivity contribution < 1.29 is 33.0 Å². The quantitative estimate of drug-likeness (QED) is 0.404. The van der Waals surface area contributed by atoms with Crippen LogP contribution in [-0.4, -0.2) is 45.4 Å². The molecule has 11 nitrogen and oxygen atoms in total. The minimum atomic E-state index is -0.789. The number of aromatic nitrogens is 3. The van der Waals surface area contributed by atoms with Gasteiger partial charge in [-0.2, -0.15) is 0 Å². The van der Waals surface area contributed by atoms with Gasteiger partial charge in [0.1, 0.15) is 11.9 Å². The fourth-order valence-electron chi connectivity index (χ4n) is 3.57. The monoisotopic (exact) mass is 505 g/mol. The van der Waals surface area contributed by atoms with Crippen molar-refractivity contribution in [3.05, 3.63) is 47.2 Å². The van der Waals surface area contributed by atoms with E-state index in [0.717, 1.165) is 0 Å². The first kappa shape index (κ1) is 24.2. The van der Waals surface area contributed by atoms with Gasteiger partial charge in [0.05, 0.1) is 29.9 Å². The number of pyridine rings is 1. The number of halogens is 2. The molecule has 1 amide bonds. The molecule has 3 aromatic rings. The predicted octanol–water partition coefficient (Wildman–Crippen LogP) is 4.28. The summed E-state index contributed by atoms with van der Waals surface area (Å²) < 4.78 is 29.8. The molecular formula is C22H21ClFN5O6. The summed E-state index contributed by atoms with van der Waals surface area (Å²) in [6.45, 7) is 0. The molecule has 1 aliphatic rings. The lowest BCUT2D eigenvalue weighted by Gasteiger charge is -2.26. The summed E-state index contributed by atoms with van der Waals surface area (Å²) in [6, 6.07) is 5.36. The summed E-state index contributed by atoms with van der Waals surface area (Å²) in [6.07, 6.45) is 3.47. The highest BCUT2D eigenvalue weighted by Crippen LogP contribution is 2.33. The van der Waals surface area contributed by atoms with Crippen LogP contribution in [0.3, 0.4) is 0 Å². The first-order valence-corrected chi connectivity index (χ1v) is 11.0. The number of aliphatic carboxylic acids is 1.